The van der Waals surface area contributed by atoms with E-state index >= 15 is 0 Å². The van der Waals surface area contributed by atoms with Gasteiger partial charge in [0.05, 0.1) is 26.9 Å². The molecule has 0 aliphatic heterocycles. The molecule has 0 aromatic heterocycles. The van der Waals surface area contributed by atoms with Crippen molar-refractivity contribution in [3.63, 3.8) is 0 Å². The number of aliphatic hydroxyl groups excluding tert-OH is 1. The quantitative estimate of drug-likeness (QED) is 0.728. The highest BCUT2D eigenvalue weighted by molar-refractivity contribution is 5.92. The number of carbonyl (C=O) groups is 1. The summed E-state index contributed by atoms with van der Waals surface area (Å²) in [5, 5.41) is 8.93. The molecular formula is C11H15NO4. The Bertz CT molecular complexity index is 378. The molecule has 16 heavy (non-hydrogen) atoms. The monoisotopic (exact) mass is 225 g/mol. The summed E-state index contributed by atoms with van der Waals surface area (Å²) >= 11 is 0. The summed E-state index contributed by atoms with van der Waals surface area (Å²) in [5.41, 5.74) is 6.61. The molecule has 5 heteroatoms. The molecule has 0 aliphatic rings. The van der Waals surface area contributed by atoms with Crippen LogP contribution in [0.25, 0.3) is 0 Å². The predicted octanol–water partition coefficient (Wildman–Crippen LogP) is 0.474. The maximum Gasteiger partial charge on any atom is 0.341 e. The van der Waals surface area contributed by atoms with E-state index in [0.717, 1.165) is 0 Å². The van der Waals surface area contributed by atoms with Gasteiger partial charge < -0.3 is 20.3 Å². The third kappa shape index (κ3) is 2.50. The van der Waals surface area contributed by atoms with Gasteiger partial charge in [0.15, 0.2) is 0 Å². The van der Waals surface area contributed by atoms with Crippen molar-refractivity contribution in [3.05, 3.63) is 29.3 Å². The Kier molecular flexibility index (Phi) is 4.28. The minimum absolute atomic E-state index is 0.188. The Balaban J connectivity index is 3.16. The van der Waals surface area contributed by atoms with E-state index in [-0.39, 0.29) is 6.61 Å². The van der Waals surface area contributed by atoms with E-state index < -0.39 is 12.0 Å². The molecule has 3 N–H and O–H groups in total. The van der Waals surface area contributed by atoms with Crippen molar-refractivity contribution in [2.45, 2.75) is 6.04 Å². The zero-order chi connectivity index (χ0) is 12.1. The number of ether oxygens (including phenoxy) is 2. The van der Waals surface area contributed by atoms with Crippen LogP contribution in [0.2, 0.25) is 0 Å². The van der Waals surface area contributed by atoms with Gasteiger partial charge in [-0.2, -0.15) is 0 Å². The number of rotatable bonds is 4. The summed E-state index contributed by atoms with van der Waals surface area (Å²) in [5.74, 6) is -0.0791. The standard InChI is InChI=1S/C11H15NO4/c1-15-10-4-3-7(9(12)6-13)5-8(10)11(14)16-2/h3-5,9,13H,6,12H2,1-2H3/t9-/m1/s1. The summed E-state index contributed by atoms with van der Waals surface area (Å²) in [6.07, 6.45) is 0. The van der Waals surface area contributed by atoms with Crippen LogP contribution >= 0.6 is 0 Å². The maximum absolute atomic E-state index is 11.5. The van der Waals surface area contributed by atoms with E-state index in [4.69, 9.17) is 15.6 Å². The molecule has 0 unspecified atom stereocenters. The Morgan fingerprint density at radius 3 is 2.69 bits per heavy atom. The van der Waals surface area contributed by atoms with Crippen LogP contribution in [-0.4, -0.2) is 31.9 Å². The summed E-state index contributed by atoms with van der Waals surface area (Å²) < 4.78 is 9.66. The van der Waals surface area contributed by atoms with Gasteiger partial charge in [-0.1, -0.05) is 6.07 Å². The molecule has 1 aromatic rings. The molecule has 1 atom stereocenters. The number of benzene rings is 1. The first-order chi connectivity index (χ1) is 7.63. The van der Waals surface area contributed by atoms with E-state index in [1.807, 2.05) is 0 Å². The van der Waals surface area contributed by atoms with Gasteiger partial charge in [0.1, 0.15) is 11.3 Å². The fourth-order valence-electron chi connectivity index (χ4n) is 1.33. The molecule has 0 fully saturated rings. The van der Waals surface area contributed by atoms with Crippen LogP contribution in [0.15, 0.2) is 18.2 Å². The van der Waals surface area contributed by atoms with Crippen LogP contribution in [0, 0.1) is 0 Å². The molecule has 0 spiro atoms. The van der Waals surface area contributed by atoms with Gasteiger partial charge in [0.25, 0.3) is 0 Å². The zero-order valence-corrected chi connectivity index (χ0v) is 9.27. The molecule has 88 valence electrons. The van der Waals surface area contributed by atoms with E-state index in [2.05, 4.69) is 4.74 Å². The van der Waals surface area contributed by atoms with Crippen LogP contribution in [0.3, 0.4) is 0 Å². The Labute approximate surface area is 93.8 Å². The molecule has 0 amide bonds. The topological polar surface area (TPSA) is 81.8 Å². The van der Waals surface area contributed by atoms with Crippen molar-refractivity contribution in [2.24, 2.45) is 5.73 Å². The van der Waals surface area contributed by atoms with Crippen LogP contribution in [0.1, 0.15) is 22.0 Å². The van der Waals surface area contributed by atoms with Crippen molar-refractivity contribution in [3.8, 4) is 5.75 Å². The lowest BCUT2D eigenvalue weighted by atomic mass is 10.0. The largest absolute Gasteiger partial charge is 0.496 e. The number of hydrogen-bond donors (Lipinski definition) is 2. The Hall–Kier alpha value is -1.59. The lowest BCUT2D eigenvalue weighted by Gasteiger charge is -2.12. The SMILES string of the molecule is COC(=O)c1cc([C@H](N)CO)ccc1OC. The van der Waals surface area contributed by atoms with Crippen LogP contribution in [0.4, 0.5) is 0 Å². The third-order valence-electron chi connectivity index (χ3n) is 2.25. The van der Waals surface area contributed by atoms with Gasteiger partial charge in [0.2, 0.25) is 0 Å². The van der Waals surface area contributed by atoms with E-state index in [1.54, 1.807) is 18.2 Å². The van der Waals surface area contributed by atoms with Crippen LogP contribution in [0.5, 0.6) is 5.75 Å². The van der Waals surface area contributed by atoms with Crippen molar-refractivity contribution < 1.29 is 19.4 Å². The molecule has 5 nitrogen and oxygen atoms in total. The number of aliphatic hydroxyl groups is 1. The normalized spacial score (nSPS) is 12.0. The van der Waals surface area contributed by atoms with Gasteiger partial charge >= 0.3 is 5.97 Å². The van der Waals surface area contributed by atoms with Crippen LogP contribution in [-0.2, 0) is 4.74 Å². The van der Waals surface area contributed by atoms with Gasteiger partial charge in [-0.25, -0.2) is 4.79 Å². The van der Waals surface area contributed by atoms with E-state index in [0.29, 0.717) is 16.9 Å². The third-order valence-corrected chi connectivity index (χ3v) is 2.25. The molecule has 0 bridgehead atoms. The number of esters is 1. The molecule has 0 saturated carbocycles. The van der Waals surface area contributed by atoms with Gasteiger partial charge in [0, 0.05) is 0 Å². The molecular weight excluding hydrogens is 210 g/mol. The minimum Gasteiger partial charge on any atom is -0.496 e. The summed E-state index contributed by atoms with van der Waals surface area (Å²) in [7, 11) is 2.76. The van der Waals surface area contributed by atoms with Gasteiger partial charge in [-0.05, 0) is 17.7 Å². The van der Waals surface area contributed by atoms with Crippen molar-refractivity contribution in [1.29, 1.82) is 0 Å². The minimum atomic E-state index is -0.519. The van der Waals surface area contributed by atoms with Crippen molar-refractivity contribution >= 4 is 5.97 Å². The lowest BCUT2D eigenvalue weighted by molar-refractivity contribution is 0.0597. The average molecular weight is 225 g/mol. The first-order valence-electron chi connectivity index (χ1n) is 4.76. The molecule has 1 aromatic carbocycles. The molecule has 0 saturated heterocycles. The second kappa shape index (κ2) is 5.48. The smallest absolute Gasteiger partial charge is 0.341 e. The molecule has 0 heterocycles. The Morgan fingerprint density at radius 1 is 1.50 bits per heavy atom. The van der Waals surface area contributed by atoms with E-state index in [9.17, 15) is 4.79 Å². The van der Waals surface area contributed by atoms with Crippen molar-refractivity contribution in [1.82, 2.24) is 0 Å². The summed E-state index contributed by atoms with van der Waals surface area (Å²) in [4.78, 5) is 11.5. The zero-order valence-electron chi connectivity index (χ0n) is 9.27. The van der Waals surface area contributed by atoms with Gasteiger partial charge in [-0.3, -0.25) is 0 Å². The van der Waals surface area contributed by atoms with Crippen LogP contribution < -0.4 is 10.5 Å². The number of carbonyl (C=O) groups excluding carboxylic acids is 1. The maximum atomic E-state index is 11.5. The summed E-state index contributed by atoms with van der Waals surface area (Å²) in [6.45, 7) is -0.188. The van der Waals surface area contributed by atoms with Crippen molar-refractivity contribution in [2.75, 3.05) is 20.8 Å². The first kappa shape index (κ1) is 12.5. The Morgan fingerprint density at radius 2 is 2.19 bits per heavy atom. The fraction of sp³-hybridized carbons (Fsp3) is 0.364. The fourth-order valence-corrected chi connectivity index (χ4v) is 1.33. The number of hydrogen-bond acceptors (Lipinski definition) is 5. The highest BCUT2D eigenvalue weighted by Crippen LogP contribution is 2.23. The summed E-state index contributed by atoms with van der Waals surface area (Å²) in [6, 6.07) is 4.36. The molecule has 0 aliphatic carbocycles. The molecule has 1 rings (SSSR count). The highest BCUT2D eigenvalue weighted by Gasteiger charge is 2.15. The average Bonchev–Trinajstić information content (AvgIpc) is 2.35. The first-order valence-corrected chi connectivity index (χ1v) is 4.76. The molecule has 0 radical (unpaired) electrons. The second-order valence-corrected chi connectivity index (χ2v) is 3.24. The number of methoxy groups -OCH3 is 2. The lowest BCUT2D eigenvalue weighted by Crippen LogP contribution is -2.15. The second-order valence-electron chi connectivity index (χ2n) is 3.24. The van der Waals surface area contributed by atoms with E-state index in [1.165, 1.54) is 14.2 Å². The van der Waals surface area contributed by atoms with Gasteiger partial charge in [-0.15, -0.1) is 0 Å². The predicted molar refractivity (Wildman–Crippen MR) is 58.3 cm³/mol. The highest BCUT2D eigenvalue weighted by atomic mass is 16.5. The number of nitrogens with two attached hydrogens (primary N) is 1.